The lowest BCUT2D eigenvalue weighted by Gasteiger charge is -2.06. The molecule has 1 aromatic carbocycles. The summed E-state index contributed by atoms with van der Waals surface area (Å²) < 4.78 is 24.1. The van der Waals surface area contributed by atoms with E-state index in [0.717, 1.165) is 11.8 Å². The molecule has 4 nitrogen and oxygen atoms in total. The first-order chi connectivity index (χ1) is 6.38. The molecule has 0 bridgehead atoms. The van der Waals surface area contributed by atoms with Gasteiger partial charge in [0.1, 0.15) is 0 Å². The Kier molecular flexibility index (Phi) is 3.13. The van der Waals surface area contributed by atoms with Crippen molar-refractivity contribution in [1.82, 2.24) is 0 Å². The van der Waals surface area contributed by atoms with Gasteiger partial charge in [-0.2, -0.15) is 0 Å². The van der Waals surface area contributed by atoms with Crippen molar-refractivity contribution in [2.75, 3.05) is 11.0 Å². The molecule has 78 valence electrons. The Morgan fingerprint density at radius 2 is 1.79 bits per heavy atom. The van der Waals surface area contributed by atoms with Crippen molar-refractivity contribution in [3.8, 4) is 0 Å². The fourth-order valence-corrected chi connectivity index (χ4v) is 1.61. The van der Waals surface area contributed by atoms with Gasteiger partial charge in [0.25, 0.3) is 0 Å². The van der Waals surface area contributed by atoms with Crippen LogP contribution in [-0.4, -0.2) is 19.8 Å². The molecule has 0 aliphatic carbocycles. The van der Waals surface area contributed by atoms with Crippen LogP contribution in [0.1, 0.15) is 18.6 Å². The molecule has 1 aromatic rings. The minimum Gasteiger partial charge on any atom is -0.389 e. The number of aliphatic hydroxyl groups excluding tert-OH is 1. The molecule has 0 amide bonds. The zero-order valence-electron chi connectivity index (χ0n) is 8.06. The van der Waals surface area contributed by atoms with Gasteiger partial charge in [-0.25, -0.2) is 8.42 Å². The molecule has 5 heteroatoms. The second-order valence-corrected chi connectivity index (χ2v) is 4.92. The van der Waals surface area contributed by atoms with E-state index in [2.05, 4.69) is 4.72 Å². The Morgan fingerprint density at radius 1 is 1.29 bits per heavy atom. The summed E-state index contributed by atoms with van der Waals surface area (Å²) in [5, 5.41) is 9.21. The lowest BCUT2D eigenvalue weighted by Crippen LogP contribution is -2.09. The topological polar surface area (TPSA) is 66.4 Å². The van der Waals surface area contributed by atoms with Crippen molar-refractivity contribution in [3.05, 3.63) is 29.8 Å². The summed E-state index contributed by atoms with van der Waals surface area (Å²) >= 11 is 0. The molecule has 0 aliphatic rings. The number of hydrogen-bond donors (Lipinski definition) is 2. The molecular formula is C9H13NO3S. The third-order valence-corrected chi connectivity index (χ3v) is 2.30. The van der Waals surface area contributed by atoms with Gasteiger partial charge in [-0.15, -0.1) is 0 Å². The van der Waals surface area contributed by atoms with E-state index in [1.165, 1.54) is 0 Å². The van der Waals surface area contributed by atoms with Gasteiger partial charge < -0.3 is 5.11 Å². The van der Waals surface area contributed by atoms with Gasteiger partial charge in [-0.1, -0.05) is 12.1 Å². The Balaban J connectivity index is 2.84. The third-order valence-electron chi connectivity index (χ3n) is 1.70. The SMILES string of the molecule is C[C@@H](O)c1ccc(NS(C)(=O)=O)cc1. The van der Waals surface area contributed by atoms with Gasteiger partial charge in [0, 0.05) is 5.69 Å². The van der Waals surface area contributed by atoms with Gasteiger partial charge in [0.15, 0.2) is 0 Å². The number of aliphatic hydroxyl groups is 1. The minimum atomic E-state index is -3.22. The molecular weight excluding hydrogens is 202 g/mol. The van der Waals surface area contributed by atoms with E-state index in [0.29, 0.717) is 5.69 Å². The maximum atomic E-state index is 10.9. The molecule has 0 radical (unpaired) electrons. The van der Waals surface area contributed by atoms with Crippen LogP contribution in [0.25, 0.3) is 0 Å². The van der Waals surface area contributed by atoms with Crippen molar-refractivity contribution in [3.63, 3.8) is 0 Å². The molecule has 1 rings (SSSR count). The molecule has 2 N–H and O–H groups in total. The van der Waals surface area contributed by atoms with Crippen molar-refractivity contribution in [2.45, 2.75) is 13.0 Å². The number of rotatable bonds is 3. The average molecular weight is 215 g/mol. The molecule has 1 atom stereocenters. The summed E-state index contributed by atoms with van der Waals surface area (Å²) in [5.74, 6) is 0. The molecule has 0 spiro atoms. The largest absolute Gasteiger partial charge is 0.389 e. The average Bonchev–Trinajstić information content (AvgIpc) is 2.02. The quantitative estimate of drug-likeness (QED) is 0.793. The van der Waals surface area contributed by atoms with Crippen molar-refractivity contribution in [2.24, 2.45) is 0 Å². The second-order valence-electron chi connectivity index (χ2n) is 3.17. The van der Waals surface area contributed by atoms with Crippen LogP contribution in [0, 0.1) is 0 Å². The van der Waals surface area contributed by atoms with Crippen LogP contribution in [0.3, 0.4) is 0 Å². The zero-order valence-corrected chi connectivity index (χ0v) is 8.88. The lowest BCUT2D eigenvalue weighted by molar-refractivity contribution is 0.199. The van der Waals surface area contributed by atoms with Crippen LogP contribution in [0.4, 0.5) is 5.69 Å². The Bertz CT molecular complexity index is 395. The molecule has 0 heterocycles. The number of benzene rings is 1. The molecule has 0 aliphatic heterocycles. The summed E-state index contributed by atoms with van der Waals surface area (Å²) in [4.78, 5) is 0. The summed E-state index contributed by atoms with van der Waals surface area (Å²) in [6, 6.07) is 6.59. The van der Waals surface area contributed by atoms with E-state index >= 15 is 0 Å². The predicted octanol–water partition coefficient (Wildman–Crippen LogP) is 1.11. The van der Waals surface area contributed by atoms with E-state index in [-0.39, 0.29) is 0 Å². The number of sulfonamides is 1. The molecule has 0 saturated carbocycles. The van der Waals surface area contributed by atoms with E-state index in [9.17, 15) is 13.5 Å². The first-order valence-electron chi connectivity index (χ1n) is 4.14. The maximum Gasteiger partial charge on any atom is 0.229 e. The van der Waals surface area contributed by atoms with Crippen molar-refractivity contribution < 1.29 is 13.5 Å². The van der Waals surface area contributed by atoms with E-state index in [1.807, 2.05) is 0 Å². The summed E-state index contributed by atoms with van der Waals surface area (Å²) in [5.41, 5.74) is 1.25. The van der Waals surface area contributed by atoms with Gasteiger partial charge >= 0.3 is 0 Å². The van der Waals surface area contributed by atoms with Crippen molar-refractivity contribution >= 4 is 15.7 Å². The van der Waals surface area contributed by atoms with Gasteiger partial charge in [0.2, 0.25) is 10.0 Å². The minimum absolute atomic E-state index is 0.497. The monoisotopic (exact) mass is 215 g/mol. The Labute approximate surface area is 83.6 Å². The standard InChI is InChI=1S/C9H13NO3S/c1-7(11)8-3-5-9(6-4-8)10-14(2,12)13/h3-7,10-11H,1-2H3/t7-/m1/s1. The molecule has 0 unspecified atom stereocenters. The van der Waals surface area contributed by atoms with E-state index < -0.39 is 16.1 Å². The van der Waals surface area contributed by atoms with Crippen molar-refractivity contribution in [1.29, 1.82) is 0 Å². The van der Waals surface area contributed by atoms with Gasteiger partial charge in [-0.3, -0.25) is 4.72 Å². The summed E-state index contributed by atoms with van der Waals surface area (Å²) in [6.07, 6.45) is 0.553. The van der Waals surface area contributed by atoms with Gasteiger partial charge in [0.05, 0.1) is 12.4 Å². The highest BCUT2D eigenvalue weighted by Crippen LogP contribution is 2.15. The number of hydrogen-bond acceptors (Lipinski definition) is 3. The van der Waals surface area contributed by atoms with E-state index in [1.54, 1.807) is 31.2 Å². The van der Waals surface area contributed by atoms with Crippen LogP contribution < -0.4 is 4.72 Å². The fraction of sp³-hybridized carbons (Fsp3) is 0.333. The highest BCUT2D eigenvalue weighted by atomic mass is 32.2. The number of nitrogens with one attached hydrogen (secondary N) is 1. The van der Waals surface area contributed by atoms with Crippen LogP contribution >= 0.6 is 0 Å². The maximum absolute atomic E-state index is 10.9. The second kappa shape index (κ2) is 3.98. The third kappa shape index (κ3) is 3.35. The van der Waals surface area contributed by atoms with Gasteiger partial charge in [-0.05, 0) is 24.6 Å². The summed E-state index contributed by atoms with van der Waals surface area (Å²) in [7, 11) is -3.22. The highest BCUT2D eigenvalue weighted by Gasteiger charge is 2.03. The van der Waals surface area contributed by atoms with E-state index in [4.69, 9.17) is 0 Å². The molecule has 14 heavy (non-hydrogen) atoms. The number of anilines is 1. The predicted molar refractivity (Wildman–Crippen MR) is 55.5 cm³/mol. The smallest absolute Gasteiger partial charge is 0.229 e. The van der Waals surface area contributed by atoms with Crippen LogP contribution in [0.2, 0.25) is 0 Å². The molecule has 0 saturated heterocycles. The van der Waals surface area contributed by atoms with Crippen LogP contribution in [-0.2, 0) is 10.0 Å². The first-order valence-corrected chi connectivity index (χ1v) is 6.03. The first kappa shape index (κ1) is 11.0. The molecule has 0 fully saturated rings. The van der Waals surface area contributed by atoms with Crippen LogP contribution in [0.15, 0.2) is 24.3 Å². The Morgan fingerprint density at radius 3 is 2.14 bits per heavy atom. The zero-order chi connectivity index (χ0) is 10.8. The van der Waals surface area contributed by atoms with Crippen LogP contribution in [0.5, 0.6) is 0 Å². The normalized spacial score (nSPS) is 13.6. The highest BCUT2D eigenvalue weighted by molar-refractivity contribution is 7.92. The summed E-state index contributed by atoms with van der Waals surface area (Å²) in [6.45, 7) is 1.65. The fourth-order valence-electron chi connectivity index (χ4n) is 1.04. The Hall–Kier alpha value is -1.07. The molecule has 0 aromatic heterocycles. The lowest BCUT2D eigenvalue weighted by atomic mass is 10.1.